The third-order valence-electron chi connectivity index (χ3n) is 5.03. The predicted octanol–water partition coefficient (Wildman–Crippen LogP) is 3.92. The number of pyridine rings is 1. The van der Waals surface area contributed by atoms with Crippen LogP contribution in [0.1, 0.15) is 22.8 Å². The van der Waals surface area contributed by atoms with E-state index in [2.05, 4.69) is 20.3 Å². The van der Waals surface area contributed by atoms with Crippen LogP contribution in [-0.2, 0) is 21.4 Å². The summed E-state index contributed by atoms with van der Waals surface area (Å²) in [5.41, 5.74) is 3.17. The summed E-state index contributed by atoms with van der Waals surface area (Å²) >= 11 is 0. The average Bonchev–Trinajstić information content (AvgIpc) is 2.83. The van der Waals surface area contributed by atoms with E-state index in [1.807, 2.05) is 24.3 Å². The highest BCUT2D eigenvalue weighted by Crippen LogP contribution is 2.18. The Hall–Kier alpha value is -4.08. The lowest BCUT2D eigenvalue weighted by molar-refractivity contribution is -0.114. The smallest absolute Gasteiger partial charge is 0.255 e. The molecule has 0 bridgehead atoms. The molecule has 0 saturated carbocycles. The Balaban J connectivity index is 1.37. The van der Waals surface area contributed by atoms with Crippen LogP contribution in [0.25, 0.3) is 10.9 Å². The molecular formula is C25H22N4O4S. The summed E-state index contributed by atoms with van der Waals surface area (Å²) in [6, 6.07) is 21.8. The highest BCUT2D eigenvalue weighted by molar-refractivity contribution is 7.89. The topological polar surface area (TPSA) is 117 Å². The molecule has 1 aromatic heterocycles. The lowest BCUT2D eigenvalue weighted by atomic mass is 10.1. The molecule has 0 aliphatic rings. The van der Waals surface area contributed by atoms with Gasteiger partial charge in [0.15, 0.2) is 0 Å². The lowest BCUT2D eigenvalue weighted by Gasteiger charge is -2.09. The van der Waals surface area contributed by atoms with Crippen LogP contribution in [0.3, 0.4) is 0 Å². The number of anilines is 2. The molecule has 0 spiro atoms. The van der Waals surface area contributed by atoms with Gasteiger partial charge in [-0.2, -0.15) is 0 Å². The summed E-state index contributed by atoms with van der Waals surface area (Å²) in [5.74, 6) is -0.505. The molecule has 8 nitrogen and oxygen atoms in total. The molecule has 4 rings (SSSR count). The maximum atomic E-state index is 12.6. The zero-order valence-electron chi connectivity index (χ0n) is 18.3. The Morgan fingerprint density at radius 3 is 2.26 bits per heavy atom. The van der Waals surface area contributed by atoms with Gasteiger partial charge in [0.2, 0.25) is 15.9 Å². The van der Waals surface area contributed by atoms with Crippen molar-refractivity contribution in [2.45, 2.75) is 18.4 Å². The number of hydrogen-bond acceptors (Lipinski definition) is 5. The summed E-state index contributed by atoms with van der Waals surface area (Å²) < 4.78 is 27.6. The normalized spacial score (nSPS) is 11.2. The quantitative estimate of drug-likeness (QED) is 0.375. The summed E-state index contributed by atoms with van der Waals surface area (Å²) in [4.78, 5) is 28.0. The molecule has 3 aromatic carbocycles. The molecule has 9 heteroatoms. The minimum Gasteiger partial charge on any atom is -0.326 e. The molecule has 0 aliphatic heterocycles. The minimum absolute atomic E-state index is 0.0648. The Labute approximate surface area is 197 Å². The van der Waals surface area contributed by atoms with E-state index in [1.165, 1.54) is 31.2 Å². The van der Waals surface area contributed by atoms with Crippen LogP contribution < -0.4 is 15.4 Å². The number of hydrogen-bond donors (Lipinski definition) is 3. The molecule has 0 atom stereocenters. The van der Waals surface area contributed by atoms with E-state index >= 15 is 0 Å². The number of carbonyl (C=O) groups excluding carboxylic acids is 2. The monoisotopic (exact) mass is 474 g/mol. The molecule has 172 valence electrons. The number of nitrogens with one attached hydrogen (secondary N) is 3. The molecule has 3 N–H and O–H groups in total. The molecule has 0 fully saturated rings. The Kier molecular flexibility index (Phi) is 6.67. The number of carbonyl (C=O) groups is 2. The predicted molar refractivity (Wildman–Crippen MR) is 131 cm³/mol. The van der Waals surface area contributed by atoms with Gasteiger partial charge in [0.05, 0.1) is 10.4 Å². The summed E-state index contributed by atoms with van der Waals surface area (Å²) in [6.07, 6.45) is 1.71. The standard InChI is InChI=1S/C25H22N4O4S/c1-17(30)28-21-8-11-23(12-9-21)34(32,33)27-16-18-4-6-19(7-5-18)25(31)29-22-10-13-24-20(15-22)3-2-14-26-24/h2-15,27H,16H2,1H3,(H,28,30)(H,29,31). The van der Waals surface area contributed by atoms with E-state index in [4.69, 9.17) is 0 Å². The third-order valence-corrected chi connectivity index (χ3v) is 6.45. The van der Waals surface area contributed by atoms with Crippen molar-refractivity contribution < 1.29 is 18.0 Å². The molecule has 34 heavy (non-hydrogen) atoms. The first-order valence-electron chi connectivity index (χ1n) is 10.4. The zero-order chi connectivity index (χ0) is 24.1. The maximum absolute atomic E-state index is 12.6. The van der Waals surface area contributed by atoms with Crippen molar-refractivity contribution in [1.29, 1.82) is 0 Å². The van der Waals surface area contributed by atoms with Gasteiger partial charge < -0.3 is 10.6 Å². The number of amides is 2. The maximum Gasteiger partial charge on any atom is 0.255 e. The van der Waals surface area contributed by atoms with Crippen molar-refractivity contribution >= 4 is 44.1 Å². The molecule has 0 radical (unpaired) electrons. The first kappa shape index (κ1) is 23.1. The van der Waals surface area contributed by atoms with Crippen molar-refractivity contribution in [2.75, 3.05) is 10.6 Å². The number of nitrogens with zero attached hydrogens (tertiary/aromatic N) is 1. The van der Waals surface area contributed by atoms with Crippen LogP contribution in [0.4, 0.5) is 11.4 Å². The molecule has 0 unspecified atom stereocenters. The van der Waals surface area contributed by atoms with Crippen LogP contribution >= 0.6 is 0 Å². The van der Waals surface area contributed by atoms with Gasteiger partial charge in [0.1, 0.15) is 0 Å². The van der Waals surface area contributed by atoms with Gasteiger partial charge in [0.25, 0.3) is 5.91 Å². The van der Waals surface area contributed by atoms with E-state index in [0.29, 0.717) is 22.5 Å². The van der Waals surface area contributed by atoms with Gasteiger partial charge in [-0.25, -0.2) is 13.1 Å². The van der Waals surface area contributed by atoms with E-state index in [9.17, 15) is 18.0 Å². The number of fused-ring (bicyclic) bond motifs is 1. The average molecular weight is 475 g/mol. The van der Waals surface area contributed by atoms with Crippen molar-refractivity contribution in [2.24, 2.45) is 0 Å². The molecule has 0 aliphatic carbocycles. The minimum atomic E-state index is -3.74. The van der Waals surface area contributed by atoms with Gasteiger partial charge in [-0.1, -0.05) is 18.2 Å². The Bertz CT molecular complexity index is 1450. The fraction of sp³-hybridized carbons (Fsp3) is 0.0800. The number of rotatable bonds is 7. The van der Waals surface area contributed by atoms with Crippen molar-refractivity contribution in [3.05, 3.63) is 96.2 Å². The zero-order valence-corrected chi connectivity index (χ0v) is 19.1. The largest absolute Gasteiger partial charge is 0.326 e. The second-order valence-corrected chi connectivity index (χ2v) is 9.36. The van der Waals surface area contributed by atoms with E-state index < -0.39 is 10.0 Å². The number of aromatic nitrogens is 1. The van der Waals surface area contributed by atoms with Crippen LogP contribution in [0.15, 0.2) is 90.0 Å². The first-order chi connectivity index (χ1) is 16.3. The fourth-order valence-corrected chi connectivity index (χ4v) is 4.33. The van der Waals surface area contributed by atoms with Crippen LogP contribution in [0, 0.1) is 0 Å². The first-order valence-corrected chi connectivity index (χ1v) is 11.9. The fourth-order valence-electron chi connectivity index (χ4n) is 3.31. The highest BCUT2D eigenvalue weighted by Gasteiger charge is 2.14. The highest BCUT2D eigenvalue weighted by atomic mass is 32.2. The molecule has 2 amide bonds. The van der Waals surface area contributed by atoms with Crippen molar-refractivity contribution in [3.8, 4) is 0 Å². The van der Waals surface area contributed by atoms with Gasteiger partial charge in [-0.15, -0.1) is 0 Å². The van der Waals surface area contributed by atoms with Crippen molar-refractivity contribution in [1.82, 2.24) is 9.71 Å². The van der Waals surface area contributed by atoms with Gasteiger partial charge in [0, 0.05) is 42.0 Å². The molecular weight excluding hydrogens is 452 g/mol. The molecule has 1 heterocycles. The second-order valence-electron chi connectivity index (χ2n) is 7.59. The Morgan fingerprint density at radius 2 is 1.56 bits per heavy atom. The van der Waals surface area contributed by atoms with Crippen molar-refractivity contribution in [3.63, 3.8) is 0 Å². The SMILES string of the molecule is CC(=O)Nc1ccc(S(=O)(=O)NCc2ccc(C(=O)Nc3ccc4ncccc4c3)cc2)cc1. The summed E-state index contributed by atoms with van der Waals surface area (Å²) in [6.45, 7) is 1.44. The Morgan fingerprint density at radius 1 is 0.853 bits per heavy atom. The third kappa shape index (κ3) is 5.64. The van der Waals surface area contributed by atoms with Gasteiger partial charge >= 0.3 is 0 Å². The summed E-state index contributed by atoms with van der Waals surface area (Å²) in [5, 5.41) is 6.37. The van der Waals surface area contributed by atoms with Gasteiger partial charge in [-0.05, 0) is 66.2 Å². The lowest BCUT2D eigenvalue weighted by Crippen LogP contribution is -2.23. The van der Waals surface area contributed by atoms with Crippen LogP contribution in [0.5, 0.6) is 0 Å². The molecule has 4 aromatic rings. The van der Waals surface area contributed by atoms with E-state index in [-0.39, 0.29) is 23.3 Å². The molecule has 0 saturated heterocycles. The van der Waals surface area contributed by atoms with Crippen LogP contribution in [0.2, 0.25) is 0 Å². The van der Waals surface area contributed by atoms with Gasteiger partial charge in [-0.3, -0.25) is 14.6 Å². The van der Waals surface area contributed by atoms with Crippen LogP contribution in [-0.4, -0.2) is 25.2 Å². The summed E-state index contributed by atoms with van der Waals surface area (Å²) in [7, 11) is -3.74. The van der Waals surface area contributed by atoms with E-state index in [1.54, 1.807) is 36.5 Å². The second kappa shape index (κ2) is 9.82. The number of sulfonamides is 1. The van der Waals surface area contributed by atoms with E-state index in [0.717, 1.165) is 10.9 Å². The number of benzene rings is 3.